The minimum absolute atomic E-state index is 0. The number of aryl methyl sites for hydroxylation is 4. The summed E-state index contributed by atoms with van der Waals surface area (Å²) >= 11 is 0. The molecule has 0 saturated carbocycles. The first-order chi connectivity index (χ1) is 23.5. The molecule has 0 N–H and O–H groups in total. The van der Waals surface area contributed by atoms with Gasteiger partial charge in [0.25, 0.3) is 0 Å². The topological polar surface area (TPSA) is 26.3 Å². The molecule has 0 amide bonds. The molecule has 242 valence electrons. The average Bonchev–Trinajstić information content (AvgIpc) is 3.92. The molecule has 49 heavy (non-hydrogen) atoms. The minimum atomic E-state index is 0. The smallest absolute Gasteiger partial charge is 0.496 e. The van der Waals surface area contributed by atoms with Crippen LogP contribution in [0.4, 0.5) is 0 Å². The van der Waals surface area contributed by atoms with E-state index in [4.69, 9.17) is 8.83 Å². The Morgan fingerprint density at radius 3 is 1.24 bits per heavy atom. The Balaban J connectivity index is 0.000000167. The quantitative estimate of drug-likeness (QED) is 0.146. The van der Waals surface area contributed by atoms with Gasteiger partial charge in [-0.3, -0.25) is 0 Å². The van der Waals surface area contributed by atoms with Crippen LogP contribution in [0, 0.1) is 13.8 Å². The van der Waals surface area contributed by atoms with E-state index < -0.39 is 0 Å². The van der Waals surface area contributed by atoms with Gasteiger partial charge in [-0.1, -0.05) is 122 Å². The van der Waals surface area contributed by atoms with Crippen LogP contribution >= 0.6 is 0 Å². The van der Waals surface area contributed by atoms with Crippen molar-refractivity contribution in [2.45, 2.75) is 53.4 Å². The molecule has 8 rings (SSSR count). The number of furan rings is 2. The summed E-state index contributed by atoms with van der Waals surface area (Å²) in [5.74, 6) is 3.77. The molecule has 0 saturated heterocycles. The average molecular weight is 718 g/mol. The van der Waals surface area contributed by atoms with Gasteiger partial charge in [-0.2, -0.15) is 0 Å². The van der Waals surface area contributed by atoms with Crippen molar-refractivity contribution in [2.24, 2.45) is 0 Å². The standard InChI is InChI=1S/2C23H21O.Zr/c2*1-3-5-17-9-11-18(12-10-17)21-7-4-6-19-14-20(15-22(19)21)23-13-8-16(2)24-23;/h2*4,6-15H,3,5H2,1-2H3;/q2*-1;+2. The van der Waals surface area contributed by atoms with Crippen LogP contribution in [-0.4, -0.2) is 0 Å². The Hall–Kier alpha value is -4.46. The summed E-state index contributed by atoms with van der Waals surface area (Å²) in [4.78, 5) is 0. The van der Waals surface area contributed by atoms with Crippen molar-refractivity contribution in [2.75, 3.05) is 0 Å². The van der Waals surface area contributed by atoms with Gasteiger partial charge in [0.15, 0.2) is 0 Å². The Labute approximate surface area is 309 Å². The van der Waals surface area contributed by atoms with Crippen molar-refractivity contribution >= 4 is 21.5 Å². The molecule has 0 aliphatic heterocycles. The fourth-order valence-corrected chi connectivity index (χ4v) is 6.72. The van der Waals surface area contributed by atoms with E-state index in [0.29, 0.717) is 0 Å². The van der Waals surface area contributed by atoms with Gasteiger partial charge < -0.3 is 8.83 Å². The molecule has 0 unspecified atom stereocenters. The summed E-state index contributed by atoms with van der Waals surface area (Å²) in [6, 6.07) is 48.0. The van der Waals surface area contributed by atoms with Crippen molar-refractivity contribution in [1.29, 1.82) is 0 Å². The zero-order valence-electron chi connectivity index (χ0n) is 28.8. The second kappa shape index (κ2) is 15.4. The summed E-state index contributed by atoms with van der Waals surface area (Å²) in [6.45, 7) is 8.40. The van der Waals surface area contributed by atoms with Crippen molar-refractivity contribution < 1.29 is 35.0 Å². The maximum Gasteiger partial charge on any atom is 2.00 e. The van der Waals surface area contributed by atoms with Crippen molar-refractivity contribution in [3.8, 4) is 44.9 Å². The van der Waals surface area contributed by atoms with Crippen LogP contribution in [-0.2, 0) is 39.0 Å². The zero-order valence-corrected chi connectivity index (χ0v) is 31.3. The zero-order chi connectivity index (χ0) is 33.0. The predicted octanol–water partition coefficient (Wildman–Crippen LogP) is 13.5. The Morgan fingerprint density at radius 2 is 0.898 bits per heavy atom. The third kappa shape index (κ3) is 7.58. The van der Waals surface area contributed by atoms with Crippen LogP contribution in [0.2, 0.25) is 0 Å². The molecule has 6 aromatic carbocycles. The summed E-state index contributed by atoms with van der Waals surface area (Å²) in [6.07, 6.45) is 4.65. The number of benzene rings is 4. The first-order valence-corrected chi connectivity index (χ1v) is 17.2. The molecule has 0 aliphatic carbocycles. The fraction of sp³-hybridized carbons (Fsp3) is 0.174. The molecule has 0 radical (unpaired) electrons. The van der Waals surface area contributed by atoms with Gasteiger partial charge in [-0.15, -0.1) is 57.9 Å². The Morgan fingerprint density at radius 1 is 0.490 bits per heavy atom. The molecule has 0 fully saturated rings. The number of hydrogen-bond donors (Lipinski definition) is 0. The fourth-order valence-electron chi connectivity index (χ4n) is 6.72. The first kappa shape index (κ1) is 34.4. The molecule has 0 spiro atoms. The van der Waals surface area contributed by atoms with E-state index in [1.807, 2.05) is 38.1 Å². The molecule has 2 heterocycles. The van der Waals surface area contributed by atoms with Gasteiger partial charge in [0.1, 0.15) is 0 Å². The van der Waals surface area contributed by atoms with Crippen LogP contribution in [0.25, 0.3) is 66.4 Å². The molecular weight excluding hydrogens is 676 g/mol. The second-order valence-corrected chi connectivity index (χ2v) is 12.8. The van der Waals surface area contributed by atoms with Gasteiger partial charge in [0.2, 0.25) is 0 Å². The molecule has 0 aliphatic rings. The second-order valence-electron chi connectivity index (χ2n) is 12.8. The van der Waals surface area contributed by atoms with E-state index >= 15 is 0 Å². The third-order valence-corrected chi connectivity index (χ3v) is 9.16. The van der Waals surface area contributed by atoms with Crippen LogP contribution < -0.4 is 0 Å². The summed E-state index contributed by atoms with van der Waals surface area (Å²) in [5, 5.41) is 5.08. The monoisotopic (exact) mass is 716 g/mol. The van der Waals surface area contributed by atoms with E-state index in [1.54, 1.807) is 0 Å². The first-order valence-electron chi connectivity index (χ1n) is 17.2. The summed E-state index contributed by atoms with van der Waals surface area (Å²) in [5.41, 5.74) is 10.2. The van der Waals surface area contributed by atoms with Crippen LogP contribution in [0.1, 0.15) is 49.3 Å². The van der Waals surface area contributed by atoms with Gasteiger partial charge in [0, 0.05) is 0 Å². The Bertz CT molecular complexity index is 2100. The minimum Gasteiger partial charge on any atom is -0.496 e. The molecular formula is C46H42O2Zr. The molecule has 3 heteroatoms. The van der Waals surface area contributed by atoms with Crippen LogP contribution in [0.3, 0.4) is 0 Å². The number of fused-ring (bicyclic) bond motifs is 2. The third-order valence-electron chi connectivity index (χ3n) is 9.16. The molecule has 2 aromatic heterocycles. The maximum atomic E-state index is 5.79. The van der Waals surface area contributed by atoms with Crippen molar-refractivity contribution in [1.82, 2.24) is 0 Å². The molecule has 0 atom stereocenters. The molecule has 0 bridgehead atoms. The van der Waals surface area contributed by atoms with Gasteiger partial charge in [0.05, 0.1) is 23.0 Å². The maximum absolute atomic E-state index is 5.79. The largest absolute Gasteiger partial charge is 2.00 e. The summed E-state index contributed by atoms with van der Waals surface area (Å²) < 4.78 is 11.6. The van der Waals surface area contributed by atoms with Gasteiger partial charge >= 0.3 is 26.2 Å². The molecule has 8 aromatic rings. The van der Waals surface area contributed by atoms with E-state index in [-0.39, 0.29) is 26.2 Å². The van der Waals surface area contributed by atoms with E-state index in [0.717, 1.165) is 47.0 Å². The summed E-state index contributed by atoms with van der Waals surface area (Å²) in [7, 11) is 0. The SMILES string of the molecule is CCCc1ccc(-c2cccc3[cH-]c(-c4ccc(C)o4)cc23)cc1.CCCc1ccc(-c2cccc3[cH-]c(-c4ccc(C)o4)cc23)cc1.[Zr+2]. The Kier molecular flexibility index (Phi) is 10.8. The van der Waals surface area contributed by atoms with E-state index in [1.165, 1.54) is 67.8 Å². The van der Waals surface area contributed by atoms with E-state index in [9.17, 15) is 0 Å². The van der Waals surface area contributed by atoms with E-state index in [2.05, 4.69) is 123 Å². The normalized spacial score (nSPS) is 11.0. The van der Waals surface area contributed by atoms with Crippen molar-refractivity contribution in [3.63, 3.8) is 0 Å². The predicted molar refractivity (Wildman–Crippen MR) is 203 cm³/mol. The van der Waals surface area contributed by atoms with Crippen LogP contribution in [0.5, 0.6) is 0 Å². The van der Waals surface area contributed by atoms with Crippen molar-refractivity contribution in [3.05, 3.63) is 156 Å². The van der Waals surface area contributed by atoms with Crippen LogP contribution in [0.15, 0.2) is 142 Å². The number of rotatable bonds is 8. The molecule has 2 nitrogen and oxygen atoms in total. The van der Waals surface area contributed by atoms with Gasteiger partial charge in [-0.05, 0) is 73.2 Å². The van der Waals surface area contributed by atoms with Gasteiger partial charge in [-0.25, -0.2) is 0 Å². The number of hydrogen-bond acceptors (Lipinski definition) is 2.